The van der Waals surface area contributed by atoms with Gasteiger partial charge in [-0.25, -0.2) is 0 Å². The molecule has 114 valence electrons. The SMILES string of the molecule is Cc1ccc(NS(=O)(=O)c2ccc(-c3ccno3)o2)c(C)c1. The Kier molecular flexibility index (Phi) is 3.50. The lowest BCUT2D eigenvalue weighted by Gasteiger charge is -2.09. The standard InChI is InChI=1S/C15H14N2O4S/c1-10-3-4-12(11(2)9-10)17-22(18,19)15-6-5-13(20-15)14-7-8-16-21-14/h3-9,17H,1-2H3. The number of benzene rings is 1. The topological polar surface area (TPSA) is 85.3 Å². The van der Waals surface area contributed by atoms with Crippen LogP contribution in [0.25, 0.3) is 11.5 Å². The molecule has 1 aromatic carbocycles. The van der Waals surface area contributed by atoms with Crippen molar-refractivity contribution in [2.24, 2.45) is 0 Å². The number of hydrogen-bond donors (Lipinski definition) is 1. The number of sulfonamides is 1. The molecule has 0 fully saturated rings. The van der Waals surface area contributed by atoms with E-state index in [1.807, 2.05) is 26.0 Å². The first-order valence-corrected chi connectivity index (χ1v) is 8.05. The Bertz CT molecular complexity index is 896. The second kappa shape index (κ2) is 5.34. The molecule has 0 bridgehead atoms. The Morgan fingerprint density at radius 1 is 1.05 bits per heavy atom. The number of anilines is 1. The molecule has 0 spiro atoms. The second-order valence-corrected chi connectivity index (χ2v) is 6.53. The molecule has 0 saturated heterocycles. The first-order chi connectivity index (χ1) is 10.5. The molecule has 2 heterocycles. The molecule has 3 rings (SSSR count). The Morgan fingerprint density at radius 3 is 2.55 bits per heavy atom. The molecule has 0 atom stereocenters. The van der Waals surface area contributed by atoms with E-state index in [1.54, 1.807) is 12.1 Å². The summed E-state index contributed by atoms with van der Waals surface area (Å²) in [6.07, 6.45) is 1.46. The molecule has 0 amide bonds. The number of nitrogens with one attached hydrogen (secondary N) is 1. The van der Waals surface area contributed by atoms with Gasteiger partial charge in [-0.1, -0.05) is 22.9 Å². The Balaban J connectivity index is 1.90. The van der Waals surface area contributed by atoms with E-state index in [1.165, 1.54) is 18.3 Å². The summed E-state index contributed by atoms with van der Waals surface area (Å²) >= 11 is 0. The van der Waals surface area contributed by atoms with E-state index < -0.39 is 10.0 Å². The Labute approximate surface area is 127 Å². The van der Waals surface area contributed by atoms with Gasteiger partial charge >= 0.3 is 0 Å². The van der Waals surface area contributed by atoms with E-state index in [0.717, 1.165) is 11.1 Å². The van der Waals surface area contributed by atoms with E-state index in [4.69, 9.17) is 8.94 Å². The van der Waals surface area contributed by atoms with Gasteiger partial charge in [0.05, 0.1) is 11.9 Å². The van der Waals surface area contributed by atoms with Crippen molar-refractivity contribution in [1.82, 2.24) is 5.16 Å². The zero-order valence-corrected chi connectivity index (χ0v) is 12.8. The minimum absolute atomic E-state index is 0.182. The molecule has 0 aliphatic rings. The quantitative estimate of drug-likeness (QED) is 0.797. The zero-order chi connectivity index (χ0) is 15.7. The van der Waals surface area contributed by atoms with Crippen LogP contribution in [0.2, 0.25) is 0 Å². The van der Waals surface area contributed by atoms with Gasteiger partial charge in [-0.2, -0.15) is 8.42 Å². The molecule has 2 aromatic heterocycles. The van der Waals surface area contributed by atoms with Gasteiger partial charge in [-0.3, -0.25) is 4.72 Å². The predicted octanol–water partition coefficient (Wildman–Crippen LogP) is 3.35. The number of aryl methyl sites for hydroxylation is 2. The molecule has 0 unspecified atom stereocenters. The van der Waals surface area contributed by atoms with E-state index >= 15 is 0 Å². The maximum atomic E-state index is 12.4. The lowest BCUT2D eigenvalue weighted by Crippen LogP contribution is -2.13. The van der Waals surface area contributed by atoms with Gasteiger partial charge in [0.25, 0.3) is 10.0 Å². The van der Waals surface area contributed by atoms with Crippen LogP contribution in [-0.4, -0.2) is 13.6 Å². The first-order valence-electron chi connectivity index (χ1n) is 6.57. The molecule has 22 heavy (non-hydrogen) atoms. The average molecular weight is 318 g/mol. The van der Waals surface area contributed by atoms with Crippen LogP contribution in [-0.2, 0) is 10.0 Å². The molecule has 0 radical (unpaired) electrons. The molecular formula is C15H14N2O4S. The van der Waals surface area contributed by atoms with Crippen LogP contribution in [0.15, 0.2) is 56.6 Å². The summed E-state index contributed by atoms with van der Waals surface area (Å²) in [6.45, 7) is 3.79. The van der Waals surface area contributed by atoms with Crippen LogP contribution in [0.5, 0.6) is 0 Å². The Morgan fingerprint density at radius 2 is 1.86 bits per heavy atom. The second-order valence-electron chi connectivity index (χ2n) is 4.92. The molecule has 0 saturated carbocycles. The van der Waals surface area contributed by atoms with Crippen LogP contribution in [0.3, 0.4) is 0 Å². The normalized spacial score (nSPS) is 11.5. The fourth-order valence-electron chi connectivity index (χ4n) is 2.06. The van der Waals surface area contributed by atoms with Crippen molar-refractivity contribution in [2.45, 2.75) is 18.9 Å². The highest BCUT2D eigenvalue weighted by atomic mass is 32.2. The van der Waals surface area contributed by atoms with Crippen molar-refractivity contribution in [3.8, 4) is 11.5 Å². The number of hydrogen-bond acceptors (Lipinski definition) is 5. The zero-order valence-electron chi connectivity index (χ0n) is 12.0. The lowest BCUT2D eigenvalue weighted by molar-refractivity contribution is 0.401. The van der Waals surface area contributed by atoms with Gasteiger partial charge in [0.2, 0.25) is 10.9 Å². The van der Waals surface area contributed by atoms with Gasteiger partial charge in [0.15, 0.2) is 5.76 Å². The summed E-state index contributed by atoms with van der Waals surface area (Å²) in [5.74, 6) is 0.673. The van der Waals surface area contributed by atoms with Crippen molar-refractivity contribution in [3.63, 3.8) is 0 Å². The summed E-state index contributed by atoms with van der Waals surface area (Å²) in [5.41, 5.74) is 2.42. The van der Waals surface area contributed by atoms with Crippen molar-refractivity contribution < 1.29 is 17.4 Å². The maximum Gasteiger partial charge on any atom is 0.295 e. The highest BCUT2D eigenvalue weighted by Crippen LogP contribution is 2.26. The molecule has 1 N–H and O–H groups in total. The van der Waals surface area contributed by atoms with Crippen LogP contribution in [0.4, 0.5) is 5.69 Å². The smallest absolute Gasteiger partial charge is 0.295 e. The van der Waals surface area contributed by atoms with Crippen molar-refractivity contribution in [2.75, 3.05) is 4.72 Å². The average Bonchev–Trinajstić information content (AvgIpc) is 3.11. The minimum Gasteiger partial charge on any atom is -0.439 e. The number of aromatic nitrogens is 1. The van der Waals surface area contributed by atoms with Crippen molar-refractivity contribution in [1.29, 1.82) is 0 Å². The van der Waals surface area contributed by atoms with Crippen LogP contribution in [0, 0.1) is 13.8 Å². The fraction of sp³-hybridized carbons (Fsp3) is 0.133. The summed E-state index contributed by atoms with van der Waals surface area (Å²) < 4.78 is 37.5. The van der Waals surface area contributed by atoms with E-state index in [9.17, 15) is 8.42 Å². The van der Waals surface area contributed by atoms with Gasteiger partial charge in [-0.05, 0) is 37.6 Å². The van der Waals surface area contributed by atoms with Crippen LogP contribution >= 0.6 is 0 Å². The lowest BCUT2D eigenvalue weighted by atomic mass is 10.1. The third-order valence-corrected chi connectivity index (χ3v) is 4.39. The van der Waals surface area contributed by atoms with Crippen molar-refractivity contribution >= 4 is 15.7 Å². The fourth-order valence-corrected chi connectivity index (χ4v) is 3.13. The third kappa shape index (κ3) is 2.75. The van der Waals surface area contributed by atoms with Crippen molar-refractivity contribution in [3.05, 3.63) is 53.7 Å². The monoisotopic (exact) mass is 318 g/mol. The van der Waals surface area contributed by atoms with Gasteiger partial charge in [0.1, 0.15) is 0 Å². The third-order valence-electron chi connectivity index (χ3n) is 3.15. The summed E-state index contributed by atoms with van der Waals surface area (Å²) in [5, 5.41) is 3.38. The molecule has 0 aliphatic carbocycles. The highest BCUT2D eigenvalue weighted by Gasteiger charge is 2.21. The molecule has 6 nitrogen and oxygen atoms in total. The highest BCUT2D eigenvalue weighted by molar-refractivity contribution is 7.92. The van der Waals surface area contributed by atoms with E-state index in [0.29, 0.717) is 17.2 Å². The molecule has 0 aliphatic heterocycles. The van der Waals surface area contributed by atoms with E-state index in [-0.39, 0.29) is 5.09 Å². The summed E-state index contributed by atoms with van der Waals surface area (Å²) in [7, 11) is -3.80. The first kappa shape index (κ1) is 14.4. The largest absolute Gasteiger partial charge is 0.439 e. The van der Waals surface area contributed by atoms with Gasteiger partial charge in [-0.15, -0.1) is 0 Å². The number of rotatable bonds is 4. The molecule has 3 aromatic rings. The summed E-state index contributed by atoms with van der Waals surface area (Å²) in [6, 6.07) is 9.96. The summed E-state index contributed by atoms with van der Waals surface area (Å²) in [4.78, 5) is 0. The predicted molar refractivity (Wildman–Crippen MR) is 80.9 cm³/mol. The molecular weight excluding hydrogens is 304 g/mol. The van der Waals surface area contributed by atoms with Crippen LogP contribution in [0.1, 0.15) is 11.1 Å². The maximum absolute atomic E-state index is 12.4. The Hall–Kier alpha value is -2.54. The minimum atomic E-state index is -3.80. The molecule has 7 heteroatoms. The van der Waals surface area contributed by atoms with E-state index in [2.05, 4.69) is 9.88 Å². The van der Waals surface area contributed by atoms with Gasteiger partial charge < -0.3 is 8.94 Å². The number of furan rings is 1. The number of nitrogens with zero attached hydrogens (tertiary/aromatic N) is 1. The van der Waals surface area contributed by atoms with Gasteiger partial charge in [0, 0.05) is 6.07 Å². The van der Waals surface area contributed by atoms with Crippen LogP contribution < -0.4 is 4.72 Å².